The smallest absolute Gasteiger partial charge is 0.215 e. The minimum Gasteiger partial charge on any atom is -0.726 e. The summed E-state index contributed by atoms with van der Waals surface area (Å²) in [6, 6.07) is 0. The molecule has 0 aliphatic carbocycles. The van der Waals surface area contributed by atoms with Crippen molar-refractivity contribution in [2.24, 2.45) is 0 Å². The van der Waals surface area contributed by atoms with E-state index in [1.807, 2.05) is 0 Å². The molecule has 1 rings (SSSR count). The lowest BCUT2D eigenvalue weighted by Gasteiger charge is -2.28. The number of likely N-dealkylation sites (tertiary alicyclic amines) is 1. The number of hydrogen-bond acceptors (Lipinski definition) is 5. The lowest BCUT2D eigenvalue weighted by atomic mass is 10.3. The van der Waals surface area contributed by atoms with Crippen LogP contribution in [0, 0.1) is 0 Å². The highest BCUT2D eigenvalue weighted by Gasteiger charge is 2.25. The van der Waals surface area contributed by atoms with E-state index in [0.29, 0.717) is 0 Å². The zero-order valence-corrected chi connectivity index (χ0v) is 11.9. The second kappa shape index (κ2) is 9.84. The Balaban J connectivity index is 0. The number of quaternary nitrogens is 1. The first-order valence-corrected chi connectivity index (χ1v) is 7.15. The van der Waals surface area contributed by atoms with Gasteiger partial charge in [-0.25, -0.2) is 8.42 Å². The average Bonchev–Trinajstić information content (AvgIpc) is 2.64. The molecule has 0 atom stereocenters. The highest BCUT2D eigenvalue weighted by molar-refractivity contribution is 7.79. The van der Waals surface area contributed by atoms with Crippen LogP contribution in [0.3, 0.4) is 0 Å². The van der Waals surface area contributed by atoms with Gasteiger partial charge in [0.05, 0.1) is 26.7 Å². The molecule has 1 fully saturated rings. The van der Waals surface area contributed by atoms with Gasteiger partial charge in [-0.05, 0) is 6.42 Å². The Bertz CT molecular complexity index is 267. The zero-order chi connectivity index (χ0) is 13.9. The SMILES string of the molecule is CCCC[N+]1(C)CCCC1.O=S.O=S(=O)([O-])O. The molecule has 0 bridgehead atoms. The summed E-state index contributed by atoms with van der Waals surface area (Å²) >= 11 is 2.83. The molecule has 8 heteroatoms. The lowest BCUT2D eigenvalue weighted by Crippen LogP contribution is -2.41. The second-order valence-electron chi connectivity index (χ2n) is 4.28. The lowest BCUT2D eigenvalue weighted by molar-refractivity contribution is -0.897. The molecule has 17 heavy (non-hydrogen) atoms. The summed E-state index contributed by atoms with van der Waals surface area (Å²) in [6.07, 6.45) is 5.69. The third kappa shape index (κ3) is 15.9. The molecular formula is C9H21NO5S2. The molecule has 0 radical (unpaired) electrons. The summed E-state index contributed by atoms with van der Waals surface area (Å²) in [6.45, 7) is 6.55. The Kier molecular flexibility index (Phi) is 11.1. The van der Waals surface area contributed by atoms with Crippen LogP contribution in [-0.2, 0) is 22.9 Å². The van der Waals surface area contributed by atoms with Crippen molar-refractivity contribution in [1.29, 1.82) is 0 Å². The Morgan fingerprint density at radius 1 is 1.29 bits per heavy atom. The summed E-state index contributed by atoms with van der Waals surface area (Å²) in [7, 11) is -2.51. The highest BCUT2D eigenvalue weighted by atomic mass is 32.3. The third-order valence-electron chi connectivity index (χ3n) is 2.70. The van der Waals surface area contributed by atoms with Gasteiger partial charge in [0.15, 0.2) is 12.5 Å². The molecule has 0 saturated carbocycles. The zero-order valence-electron chi connectivity index (χ0n) is 10.3. The Labute approximate surface area is 109 Å². The number of unbranched alkanes of at least 4 members (excludes halogenated alkanes) is 1. The van der Waals surface area contributed by atoms with Gasteiger partial charge in [-0.15, -0.1) is 0 Å². The van der Waals surface area contributed by atoms with Crippen molar-refractivity contribution in [1.82, 2.24) is 0 Å². The van der Waals surface area contributed by atoms with Gasteiger partial charge < -0.3 is 9.04 Å². The first kappa shape index (κ1) is 19.2. The Morgan fingerprint density at radius 3 is 1.94 bits per heavy atom. The van der Waals surface area contributed by atoms with Gasteiger partial charge in [-0.3, -0.25) is 4.55 Å². The van der Waals surface area contributed by atoms with Crippen LogP contribution in [-0.4, -0.2) is 52.9 Å². The number of hydrogen-bond donors (Lipinski definition) is 1. The van der Waals surface area contributed by atoms with Crippen LogP contribution in [0.2, 0.25) is 0 Å². The molecule has 0 aromatic rings. The molecule has 104 valence electrons. The molecule has 1 aliphatic heterocycles. The van der Waals surface area contributed by atoms with Crippen LogP contribution < -0.4 is 0 Å². The van der Waals surface area contributed by atoms with Crippen molar-refractivity contribution < 1.29 is 26.2 Å². The molecule has 1 aliphatic rings. The van der Waals surface area contributed by atoms with Crippen LogP contribution in [0.4, 0.5) is 0 Å². The average molecular weight is 287 g/mol. The van der Waals surface area contributed by atoms with Crippen LogP contribution in [0.15, 0.2) is 0 Å². The molecule has 0 aromatic heterocycles. The standard InChI is InChI=1S/C9H20N.H2O4S.OS/c1-3-4-7-10(2)8-5-6-9-10;1-5(2,3)4;1-2/h3-9H2,1-2H3;(H2,1,2,3,4);/q+1;;/p-1. The van der Waals surface area contributed by atoms with Gasteiger partial charge in [0.1, 0.15) is 0 Å². The molecular weight excluding hydrogens is 266 g/mol. The molecule has 1 N–H and O–H groups in total. The highest BCUT2D eigenvalue weighted by Crippen LogP contribution is 2.16. The van der Waals surface area contributed by atoms with Crippen LogP contribution in [0.5, 0.6) is 0 Å². The van der Waals surface area contributed by atoms with E-state index >= 15 is 0 Å². The summed E-state index contributed by atoms with van der Waals surface area (Å²) < 4.78 is 42.0. The maximum Gasteiger partial charge on any atom is 0.215 e. The van der Waals surface area contributed by atoms with Gasteiger partial charge in [0.2, 0.25) is 10.4 Å². The van der Waals surface area contributed by atoms with Gasteiger partial charge in [-0.1, -0.05) is 13.3 Å². The molecule has 0 aromatic carbocycles. The monoisotopic (exact) mass is 287 g/mol. The van der Waals surface area contributed by atoms with Crippen molar-refractivity contribution in [2.75, 3.05) is 26.7 Å². The summed E-state index contributed by atoms with van der Waals surface area (Å²) in [5.74, 6) is 0. The van der Waals surface area contributed by atoms with Gasteiger partial charge >= 0.3 is 0 Å². The Hall–Kier alpha value is -0.150. The minimum atomic E-state index is -4.92. The predicted molar refractivity (Wildman–Crippen MR) is 65.4 cm³/mol. The van der Waals surface area contributed by atoms with Gasteiger partial charge in [-0.2, -0.15) is 4.21 Å². The fourth-order valence-corrected chi connectivity index (χ4v) is 1.86. The van der Waals surface area contributed by atoms with E-state index in [1.165, 1.54) is 49.8 Å². The first-order chi connectivity index (χ1) is 7.77. The maximum absolute atomic E-state index is 8.63. The minimum absolute atomic E-state index is 1.36. The van der Waals surface area contributed by atoms with Crippen molar-refractivity contribution in [3.05, 3.63) is 0 Å². The fraction of sp³-hybridized carbons (Fsp3) is 1.00. The fourth-order valence-electron chi connectivity index (χ4n) is 1.86. The molecule has 6 nitrogen and oxygen atoms in total. The van der Waals surface area contributed by atoms with E-state index in [2.05, 4.69) is 26.5 Å². The van der Waals surface area contributed by atoms with Crippen LogP contribution >= 0.6 is 0 Å². The van der Waals surface area contributed by atoms with Crippen LogP contribution in [0.25, 0.3) is 0 Å². The maximum atomic E-state index is 8.63. The molecule has 0 amide bonds. The third-order valence-corrected chi connectivity index (χ3v) is 2.70. The predicted octanol–water partition coefficient (Wildman–Crippen LogP) is 0.695. The summed E-state index contributed by atoms with van der Waals surface area (Å²) in [4.78, 5) is 0. The quantitative estimate of drug-likeness (QED) is 0.466. The van der Waals surface area contributed by atoms with Gasteiger partial charge in [0.25, 0.3) is 0 Å². The summed E-state index contributed by atoms with van der Waals surface area (Å²) in [5.41, 5.74) is 0. The van der Waals surface area contributed by atoms with Gasteiger partial charge in [0, 0.05) is 12.8 Å². The molecule has 1 saturated heterocycles. The van der Waals surface area contributed by atoms with E-state index < -0.39 is 10.4 Å². The largest absolute Gasteiger partial charge is 0.726 e. The second-order valence-corrected chi connectivity index (χ2v) is 5.13. The molecule has 0 unspecified atom stereocenters. The summed E-state index contributed by atoms with van der Waals surface area (Å²) in [5, 5.41) is 0. The number of rotatable bonds is 3. The van der Waals surface area contributed by atoms with Crippen molar-refractivity contribution in [3.8, 4) is 0 Å². The normalized spacial score (nSPS) is 17.4. The van der Waals surface area contributed by atoms with E-state index in [4.69, 9.17) is 21.7 Å². The van der Waals surface area contributed by atoms with Crippen molar-refractivity contribution >= 4 is 22.9 Å². The molecule has 0 spiro atoms. The topological polar surface area (TPSA) is 94.5 Å². The number of nitrogens with zero attached hydrogens (tertiary/aromatic N) is 1. The Morgan fingerprint density at radius 2 is 1.65 bits per heavy atom. The van der Waals surface area contributed by atoms with E-state index in [9.17, 15) is 0 Å². The van der Waals surface area contributed by atoms with Crippen LogP contribution in [0.1, 0.15) is 32.6 Å². The van der Waals surface area contributed by atoms with E-state index in [1.54, 1.807) is 0 Å². The van der Waals surface area contributed by atoms with E-state index in [-0.39, 0.29) is 0 Å². The van der Waals surface area contributed by atoms with E-state index in [0.717, 1.165) is 0 Å². The first-order valence-electron chi connectivity index (χ1n) is 5.45. The van der Waals surface area contributed by atoms with Crippen molar-refractivity contribution in [3.63, 3.8) is 0 Å². The van der Waals surface area contributed by atoms with Crippen molar-refractivity contribution in [2.45, 2.75) is 32.6 Å². The molecule has 1 heterocycles.